The molecule has 0 aromatic heterocycles. The normalized spacial score (nSPS) is 20.4. The third-order valence-electron chi connectivity index (χ3n) is 3.12. The van der Waals surface area contributed by atoms with Crippen molar-refractivity contribution in [1.82, 2.24) is 4.72 Å². The van der Waals surface area contributed by atoms with Crippen LogP contribution in [0.1, 0.15) is 12.8 Å². The minimum atomic E-state index is -3.78. The molecule has 1 aromatic carbocycles. The number of hydrogen-bond acceptors (Lipinski definition) is 4. The molecule has 0 saturated carbocycles. The molecule has 0 amide bonds. The van der Waals surface area contributed by atoms with E-state index in [0.29, 0.717) is 6.61 Å². The number of sulfonamides is 1. The summed E-state index contributed by atoms with van der Waals surface area (Å²) in [5.41, 5.74) is 5.11. The molecule has 1 aromatic rings. The first-order valence-corrected chi connectivity index (χ1v) is 7.60. The Hall–Kier alpha value is -1.18. The Bertz CT molecular complexity index is 542. The van der Waals surface area contributed by atoms with Crippen molar-refractivity contribution >= 4 is 15.7 Å². The van der Waals surface area contributed by atoms with Crippen molar-refractivity contribution < 1.29 is 17.5 Å². The van der Waals surface area contributed by atoms with E-state index < -0.39 is 15.8 Å². The number of halogens is 1. The van der Waals surface area contributed by atoms with Crippen LogP contribution in [0.2, 0.25) is 0 Å². The van der Waals surface area contributed by atoms with Crippen LogP contribution < -0.4 is 10.5 Å². The fourth-order valence-corrected chi connectivity index (χ4v) is 3.28. The molecule has 0 radical (unpaired) electrons. The van der Waals surface area contributed by atoms with E-state index >= 15 is 0 Å². The predicted molar refractivity (Wildman–Crippen MR) is 69.5 cm³/mol. The van der Waals surface area contributed by atoms with Crippen LogP contribution in [0.15, 0.2) is 23.1 Å². The molecule has 19 heavy (non-hydrogen) atoms. The highest BCUT2D eigenvalue weighted by atomic mass is 32.2. The van der Waals surface area contributed by atoms with Crippen LogP contribution in [0.4, 0.5) is 10.1 Å². The maximum Gasteiger partial charge on any atom is 0.242 e. The Balaban J connectivity index is 2.07. The van der Waals surface area contributed by atoms with Gasteiger partial charge in [0.25, 0.3) is 0 Å². The van der Waals surface area contributed by atoms with Gasteiger partial charge in [0.15, 0.2) is 0 Å². The summed E-state index contributed by atoms with van der Waals surface area (Å²) in [6.45, 7) is 1.54. The summed E-state index contributed by atoms with van der Waals surface area (Å²) in [6.07, 6.45) is 1.84. The Morgan fingerprint density at radius 3 is 2.95 bits per heavy atom. The second kappa shape index (κ2) is 5.85. The van der Waals surface area contributed by atoms with Gasteiger partial charge in [-0.25, -0.2) is 17.5 Å². The molecule has 1 unspecified atom stereocenters. The van der Waals surface area contributed by atoms with Crippen molar-refractivity contribution in [2.75, 3.05) is 25.5 Å². The number of rotatable bonds is 4. The molecule has 2 rings (SSSR count). The van der Waals surface area contributed by atoms with E-state index in [-0.39, 0.29) is 23.0 Å². The highest BCUT2D eigenvalue weighted by molar-refractivity contribution is 7.89. The highest BCUT2D eigenvalue weighted by Gasteiger charge is 2.22. The van der Waals surface area contributed by atoms with Crippen LogP contribution >= 0.6 is 0 Å². The number of hydrogen-bond donors (Lipinski definition) is 2. The number of benzene rings is 1. The van der Waals surface area contributed by atoms with Gasteiger partial charge in [-0.2, -0.15) is 0 Å². The zero-order valence-corrected chi connectivity index (χ0v) is 11.2. The van der Waals surface area contributed by atoms with Crippen molar-refractivity contribution in [1.29, 1.82) is 0 Å². The number of nitrogens with two attached hydrogens (primary N) is 1. The van der Waals surface area contributed by atoms with Crippen molar-refractivity contribution in [3.05, 3.63) is 24.0 Å². The summed E-state index contributed by atoms with van der Waals surface area (Å²) in [5, 5.41) is 0. The Morgan fingerprint density at radius 1 is 1.47 bits per heavy atom. The van der Waals surface area contributed by atoms with Crippen LogP contribution in [0.25, 0.3) is 0 Å². The minimum absolute atomic E-state index is 0.151. The van der Waals surface area contributed by atoms with Gasteiger partial charge in [0.2, 0.25) is 10.0 Å². The number of nitrogens with one attached hydrogen (secondary N) is 1. The molecular formula is C12H17FN2O3S. The molecule has 1 aliphatic heterocycles. The zero-order chi connectivity index (χ0) is 13.9. The average molecular weight is 288 g/mol. The maximum absolute atomic E-state index is 13.3. The first-order valence-electron chi connectivity index (χ1n) is 6.12. The third-order valence-corrected chi connectivity index (χ3v) is 4.60. The number of para-hydroxylation sites is 1. The molecule has 7 heteroatoms. The van der Waals surface area contributed by atoms with Crippen molar-refractivity contribution in [2.45, 2.75) is 17.7 Å². The molecule has 1 aliphatic rings. The van der Waals surface area contributed by atoms with E-state index in [1.54, 1.807) is 0 Å². The lowest BCUT2D eigenvalue weighted by Gasteiger charge is -2.22. The van der Waals surface area contributed by atoms with Crippen LogP contribution in [-0.2, 0) is 14.8 Å². The second-order valence-corrected chi connectivity index (χ2v) is 6.32. The van der Waals surface area contributed by atoms with Crippen molar-refractivity contribution in [3.8, 4) is 0 Å². The summed E-state index contributed by atoms with van der Waals surface area (Å²) in [7, 11) is -3.78. The molecule has 0 bridgehead atoms. The molecule has 1 atom stereocenters. The quantitative estimate of drug-likeness (QED) is 0.813. The van der Waals surface area contributed by atoms with E-state index in [2.05, 4.69) is 4.72 Å². The zero-order valence-electron chi connectivity index (χ0n) is 10.4. The third kappa shape index (κ3) is 3.43. The van der Waals surface area contributed by atoms with Gasteiger partial charge in [-0.15, -0.1) is 0 Å². The lowest BCUT2D eigenvalue weighted by Crippen LogP contribution is -2.33. The summed E-state index contributed by atoms with van der Waals surface area (Å²) >= 11 is 0. The molecule has 3 N–H and O–H groups in total. The monoisotopic (exact) mass is 288 g/mol. The van der Waals surface area contributed by atoms with Crippen LogP contribution in [0.5, 0.6) is 0 Å². The lowest BCUT2D eigenvalue weighted by molar-refractivity contribution is 0.0568. The van der Waals surface area contributed by atoms with E-state index in [4.69, 9.17) is 10.5 Å². The van der Waals surface area contributed by atoms with Gasteiger partial charge in [-0.1, -0.05) is 6.07 Å². The lowest BCUT2D eigenvalue weighted by atomic mass is 10.0. The van der Waals surface area contributed by atoms with E-state index in [1.807, 2.05) is 0 Å². The molecule has 1 heterocycles. The first kappa shape index (κ1) is 14.2. The minimum Gasteiger partial charge on any atom is -0.395 e. The number of anilines is 1. The van der Waals surface area contributed by atoms with Gasteiger partial charge >= 0.3 is 0 Å². The first-order chi connectivity index (χ1) is 9.00. The van der Waals surface area contributed by atoms with Crippen LogP contribution in [0, 0.1) is 11.7 Å². The molecule has 106 valence electrons. The van der Waals surface area contributed by atoms with Crippen molar-refractivity contribution in [2.24, 2.45) is 5.92 Å². The van der Waals surface area contributed by atoms with Gasteiger partial charge in [-0.05, 0) is 30.9 Å². The smallest absolute Gasteiger partial charge is 0.242 e. The molecule has 0 aliphatic carbocycles. The Kier molecular flexibility index (Phi) is 4.38. The molecule has 0 spiro atoms. The maximum atomic E-state index is 13.3. The summed E-state index contributed by atoms with van der Waals surface area (Å²) < 4.78 is 45.1. The Labute approximate surface area is 112 Å². The van der Waals surface area contributed by atoms with Gasteiger partial charge in [0, 0.05) is 13.2 Å². The van der Waals surface area contributed by atoms with Gasteiger partial charge in [0.1, 0.15) is 10.7 Å². The largest absolute Gasteiger partial charge is 0.395 e. The second-order valence-electron chi connectivity index (χ2n) is 4.59. The van der Waals surface area contributed by atoms with E-state index in [9.17, 15) is 12.8 Å². The van der Waals surface area contributed by atoms with Gasteiger partial charge in [-0.3, -0.25) is 0 Å². The standard InChI is InChI=1S/C12H17FN2O3S/c13-10-4-1-5-11(12(10)14)19(16,17)15-7-9-3-2-6-18-8-9/h1,4-5,9,15H,2-3,6-8,14H2. The predicted octanol–water partition coefficient (Wildman–Crippen LogP) is 1.11. The fourth-order valence-electron chi connectivity index (χ4n) is 2.03. The summed E-state index contributed by atoms with van der Waals surface area (Å²) in [4.78, 5) is -0.218. The average Bonchev–Trinajstić information content (AvgIpc) is 2.41. The topological polar surface area (TPSA) is 81.4 Å². The molecule has 5 nitrogen and oxygen atoms in total. The fraction of sp³-hybridized carbons (Fsp3) is 0.500. The summed E-state index contributed by atoms with van der Waals surface area (Å²) in [6, 6.07) is 3.74. The SMILES string of the molecule is Nc1c(F)cccc1S(=O)(=O)NCC1CCCOC1. The van der Waals surface area contributed by atoms with E-state index in [1.165, 1.54) is 12.1 Å². The molecular weight excluding hydrogens is 271 g/mol. The van der Waals surface area contributed by atoms with Crippen LogP contribution in [0.3, 0.4) is 0 Å². The molecule has 1 saturated heterocycles. The highest BCUT2D eigenvalue weighted by Crippen LogP contribution is 2.21. The van der Waals surface area contributed by atoms with Gasteiger partial charge < -0.3 is 10.5 Å². The molecule has 1 fully saturated rings. The van der Waals surface area contributed by atoms with Gasteiger partial charge in [0.05, 0.1) is 12.3 Å². The number of nitrogen functional groups attached to an aromatic ring is 1. The summed E-state index contributed by atoms with van der Waals surface area (Å²) in [5.74, 6) is -0.581. The van der Waals surface area contributed by atoms with Crippen molar-refractivity contribution in [3.63, 3.8) is 0 Å². The van der Waals surface area contributed by atoms with Crippen LogP contribution in [-0.4, -0.2) is 28.2 Å². The van der Waals surface area contributed by atoms with E-state index in [0.717, 1.165) is 25.5 Å². The number of ether oxygens (including phenoxy) is 1. The Morgan fingerprint density at radius 2 is 2.26 bits per heavy atom.